The smallest absolute Gasteiger partial charge is 0.0128 e. The molecule has 0 atom stereocenters. The summed E-state index contributed by atoms with van der Waals surface area (Å²) >= 11 is 0. The summed E-state index contributed by atoms with van der Waals surface area (Å²) in [5.41, 5.74) is 0. The van der Waals surface area contributed by atoms with E-state index in [0.29, 0.717) is 0 Å². The molecule has 0 aromatic carbocycles. The van der Waals surface area contributed by atoms with Crippen LogP contribution in [-0.2, 0) is 0 Å². The molecule has 4 N–H and O–H groups in total. The van der Waals surface area contributed by atoms with E-state index in [-0.39, 0.29) is 0 Å². The molecule has 0 aliphatic carbocycles. The fourth-order valence-corrected chi connectivity index (χ4v) is 2.64. The maximum absolute atomic E-state index is 5.93. The normalized spacial score (nSPS) is 11.7. The van der Waals surface area contributed by atoms with E-state index in [0.717, 1.165) is 26.2 Å². The van der Waals surface area contributed by atoms with Crippen molar-refractivity contribution in [2.24, 2.45) is 11.7 Å². The summed E-state index contributed by atoms with van der Waals surface area (Å²) in [4.78, 5) is 0. The lowest BCUT2D eigenvalue weighted by Gasteiger charge is -2.15. The first kappa shape index (κ1) is 21.8. The molecule has 0 radical (unpaired) electrons. The van der Waals surface area contributed by atoms with E-state index in [4.69, 9.17) is 11.7 Å². The van der Waals surface area contributed by atoms with Crippen LogP contribution in [0, 0.1) is 0 Å². The minimum absolute atomic E-state index is 1.05. The Kier molecular flexibility index (Phi) is 17.1. The highest BCUT2D eigenvalue weighted by Gasteiger charge is 1.99. The highest BCUT2D eigenvalue weighted by atomic mass is 15.4. The molecule has 0 bridgehead atoms. The Morgan fingerprint density at radius 2 is 0.727 bits per heavy atom. The van der Waals surface area contributed by atoms with Crippen LogP contribution in [0.3, 0.4) is 0 Å². The molecule has 0 spiro atoms. The third-order valence-corrected chi connectivity index (χ3v) is 4.24. The lowest BCUT2D eigenvalue weighted by Crippen LogP contribution is -2.32. The van der Waals surface area contributed by atoms with Crippen molar-refractivity contribution < 1.29 is 0 Å². The van der Waals surface area contributed by atoms with Gasteiger partial charge in [0.1, 0.15) is 0 Å². The third kappa shape index (κ3) is 16.2. The lowest BCUT2D eigenvalue weighted by molar-refractivity contribution is 0.269. The van der Waals surface area contributed by atoms with Crippen molar-refractivity contribution in [1.29, 1.82) is 0 Å². The number of hydrogen-bond donors (Lipinski definition) is 2. The van der Waals surface area contributed by atoms with Gasteiger partial charge in [0.15, 0.2) is 0 Å². The van der Waals surface area contributed by atoms with Gasteiger partial charge in [0.25, 0.3) is 0 Å². The van der Waals surface area contributed by atoms with Gasteiger partial charge in [-0.25, -0.2) is 10.0 Å². The Morgan fingerprint density at radius 3 is 1.05 bits per heavy atom. The van der Waals surface area contributed by atoms with E-state index in [2.05, 4.69) is 13.8 Å². The van der Waals surface area contributed by atoms with Gasteiger partial charge in [0.05, 0.1) is 0 Å². The van der Waals surface area contributed by atoms with Crippen molar-refractivity contribution in [3.8, 4) is 0 Å². The van der Waals surface area contributed by atoms with Crippen LogP contribution in [0.5, 0.6) is 0 Å². The Hall–Kier alpha value is -0.160. The van der Waals surface area contributed by atoms with Crippen LogP contribution in [0.1, 0.15) is 90.9 Å². The average molecular weight is 315 g/mol. The average Bonchev–Trinajstić information content (AvgIpc) is 2.52. The molecule has 0 aliphatic heterocycles. The molecule has 0 unspecified atom stereocenters. The van der Waals surface area contributed by atoms with Crippen LogP contribution in [-0.4, -0.2) is 36.2 Å². The molecule has 0 saturated heterocycles. The summed E-state index contributed by atoms with van der Waals surface area (Å²) < 4.78 is 0. The van der Waals surface area contributed by atoms with Crippen molar-refractivity contribution in [1.82, 2.24) is 10.0 Å². The quantitative estimate of drug-likeness (QED) is 0.241. The Labute approximate surface area is 139 Å². The molecule has 22 heavy (non-hydrogen) atoms. The van der Waals surface area contributed by atoms with E-state index in [1.807, 2.05) is 10.0 Å². The zero-order valence-electron chi connectivity index (χ0n) is 15.4. The van der Waals surface area contributed by atoms with Crippen LogP contribution in [0.15, 0.2) is 0 Å². The van der Waals surface area contributed by atoms with E-state index in [1.54, 1.807) is 0 Å². The summed E-state index contributed by atoms with van der Waals surface area (Å²) in [5, 5.41) is 3.97. The van der Waals surface area contributed by atoms with Gasteiger partial charge < -0.3 is 0 Å². The maximum Gasteiger partial charge on any atom is 0.0128 e. The Bertz CT molecular complexity index is 189. The van der Waals surface area contributed by atoms with Crippen LogP contribution in [0.25, 0.3) is 0 Å². The van der Waals surface area contributed by atoms with Crippen molar-refractivity contribution in [2.45, 2.75) is 90.9 Å². The molecule has 0 heterocycles. The van der Waals surface area contributed by atoms with E-state index < -0.39 is 0 Å². The second-order valence-corrected chi connectivity index (χ2v) is 6.61. The topological polar surface area (TPSA) is 58.5 Å². The second-order valence-electron chi connectivity index (χ2n) is 6.61. The van der Waals surface area contributed by atoms with Crippen LogP contribution in [0.4, 0.5) is 0 Å². The number of nitrogens with zero attached hydrogens (tertiary/aromatic N) is 2. The van der Waals surface area contributed by atoms with Gasteiger partial charge in [-0.2, -0.15) is 0 Å². The molecule has 0 aliphatic rings. The van der Waals surface area contributed by atoms with Crippen molar-refractivity contribution in [3.63, 3.8) is 0 Å². The molecule has 4 nitrogen and oxygen atoms in total. The molecule has 0 amide bonds. The van der Waals surface area contributed by atoms with Gasteiger partial charge in [0, 0.05) is 26.2 Å². The van der Waals surface area contributed by atoms with Crippen LogP contribution < -0.4 is 11.7 Å². The van der Waals surface area contributed by atoms with Crippen molar-refractivity contribution >= 4 is 0 Å². The van der Waals surface area contributed by atoms with Gasteiger partial charge in [-0.05, 0) is 25.7 Å². The predicted molar refractivity (Wildman–Crippen MR) is 98.3 cm³/mol. The fourth-order valence-electron chi connectivity index (χ4n) is 2.64. The van der Waals surface area contributed by atoms with E-state index in [1.165, 1.54) is 77.0 Å². The first-order chi connectivity index (χ1) is 10.7. The summed E-state index contributed by atoms with van der Waals surface area (Å²) in [7, 11) is 0. The minimum atomic E-state index is 1.05. The molecular weight excluding hydrogens is 272 g/mol. The van der Waals surface area contributed by atoms with Crippen molar-refractivity contribution in [2.75, 3.05) is 26.2 Å². The maximum atomic E-state index is 5.93. The Balaban J connectivity index is 3.14. The SMILES string of the molecule is CCCCN(N)CCCCCCCCCCN(N)CCCC. The van der Waals surface area contributed by atoms with Gasteiger partial charge in [-0.15, -0.1) is 0 Å². The van der Waals surface area contributed by atoms with Crippen LogP contribution in [0.2, 0.25) is 0 Å². The first-order valence-electron chi connectivity index (χ1n) is 9.70. The molecule has 0 fully saturated rings. The largest absolute Gasteiger partial charge is 0.269 e. The summed E-state index contributed by atoms with van der Waals surface area (Å²) in [5.74, 6) is 11.9. The summed E-state index contributed by atoms with van der Waals surface area (Å²) in [6.07, 6.45) is 15.5. The number of nitrogens with two attached hydrogens (primary N) is 2. The summed E-state index contributed by atoms with van der Waals surface area (Å²) in [6.45, 7) is 8.64. The second kappa shape index (κ2) is 17.2. The molecular formula is C18H42N4. The Morgan fingerprint density at radius 1 is 0.455 bits per heavy atom. The number of hydrogen-bond acceptors (Lipinski definition) is 4. The number of rotatable bonds is 17. The zero-order chi connectivity index (χ0) is 16.5. The number of hydrazine groups is 2. The molecule has 0 saturated carbocycles. The molecule has 0 aromatic rings. The lowest BCUT2D eigenvalue weighted by atomic mass is 10.1. The highest BCUT2D eigenvalue weighted by molar-refractivity contribution is 4.53. The van der Waals surface area contributed by atoms with Crippen molar-refractivity contribution in [3.05, 3.63) is 0 Å². The predicted octanol–water partition coefficient (Wildman–Crippen LogP) is 4.06. The molecule has 0 aromatic heterocycles. The molecule has 134 valence electrons. The fraction of sp³-hybridized carbons (Fsp3) is 1.00. The molecule has 0 rings (SSSR count). The van der Waals surface area contributed by atoms with Gasteiger partial charge >= 0.3 is 0 Å². The monoisotopic (exact) mass is 314 g/mol. The highest BCUT2D eigenvalue weighted by Crippen LogP contribution is 2.09. The minimum Gasteiger partial charge on any atom is -0.269 e. The van der Waals surface area contributed by atoms with Gasteiger partial charge in [-0.1, -0.05) is 65.2 Å². The van der Waals surface area contributed by atoms with E-state index in [9.17, 15) is 0 Å². The number of unbranched alkanes of at least 4 members (excludes halogenated alkanes) is 9. The van der Waals surface area contributed by atoms with Crippen LogP contribution >= 0.6 is 0 Å². The standard InChI is InChI=1S/C18H42N4/c1-3-5-15-21(19)17-13-11-9-7-8-10-12-14-18-22(20)16-6-4-2/h3-20H2,1-2H3. The molecule has 4 heteroatoms. The first-order valence-corrected chi connectivity index (χ1v) is 9.70. The summed E-state index contributed by atoms with van der Waals surface area (Å²) in [6, 6.07) is 0. The third-order valence-electron chi connectivity index (χ3n) is 4.24. The van der Waals surface area contributed by atoms with E-state index >= 15 is 0 Å². The van der Waals surface area contributed by atoms with Gasteiger partial charge in [-0.3, -0.25) is 11.7 Å². The zero-order valence-corrected chi connectivity index (χ0v) is 15.4. The van der Waals surface area contributed by atoms with Gasteiger partial charge in [0.2, 0.25) is 0 Å².